The fourth-order valence-corrected chi connectivity index (χ4v) is 11.1. The van der Waals surface area contributed by atoms with Crippen molar-refractivity contribution in [2.45, 2.75) is 398 Å². The number of allylic oxidation sites excluding steroid dienone is 7. The van der Waals surface area contributed by atoms with Crippen molar-refractivity contribution in [1.82, 2.24) is 5.32 Å². The number of hydrogen-bond donors (Lipinski definition) is 3. The predicted molar refractivity (Wildman–Crippen MR) is 352 cm³/mol. The second-order valence-electron chi connectivity index (χ2n) is 24.6. The number of rotatable bonds is 67. The van der Waals surface area contributed by atoms with Crippen LogP contribution in [0.15, 0.2) is 48.6 Å². The number of unbranched alkanes of at least 4 members (excludes halogenated alkanes) is 50. The lowest BCUT2D eigenvalue weighted by atomic mass is 10.0. The Bertz CT molecular complexity index is 1340. The van der Waals surface area contributed by atoms with Crippen molar-refractivity contribution in [3.05, 3.63) is 48.6 Å². The van der Waals surface area contributed by atoms with E-state index < -0.39 is 12.1 Å². The van der Waals surface area contributed by atoms with Gasteiger partial charge in [0, 0.05) is 12.8 Å². The zero-order valence-electron chi connectivity index (χ0n) is 53.8. The first-order chi connectivity index (χ1) is 39.5. The van der Waals surface area contributed by atoms with Crippen molar-refractivity contribution in [2.24, 2.45) is 0 Å². The summed E-state index contributed by atoms with van der Waals surface area (Å²) >= 11 is 0. The third-order valence-corrected chi connectivity index (χ3v) is 16.6. The second kappa shape index (κ2) is 69.3. The maximum atomic E-state index is 12.5. The lowest BCUT2D eigenvalue weighted by Gasteiger charge is -2.20. The molecule has 0 saturated carbocycles. The molecule has 0 aliphatic rings. The van der Waals surface area contributed by atoms with Crippen LogP contribution in [0.5, 0.6) is 0 Å². The van der Waals surface area contributed by atoms with E-state index in [1.54, 1.807) is 6.08 Å². The van der Waals surface area contributed by atoms with Crippen LogP contribution in [0.2, 0.25) is 0 Å². The van der Waals surface area contributed by atoms with E-state index in [1.165, 1.54) is 308 Å². The molecule has 0 aliphatic carbocycles. The predicted octanol–water partition coefficient (Wildman–Crippen LogP) is 23.3. The molecule has 0 radical (unpaired) electrons. The van der Waals surface area contributed by atoms with E-state index >= 15 is 0 Å². The van der Waals surface area contributed by atoms with Crippen molar-refractivity contribution in [1.29, 1.82) is 0 Å². The minimum Gasteiger partial charge on any atom is -0.466 e. The topological polar surface area (TPSA) is 95.9 Å². The Balaban J connectivity index is 3.40. The molecule has 0 rings (SSSR count). The summed E-state index contributed by atoms with van der Waals surface area (Å²) in [5, 5.41) is 23.2. The summed E-state index contributed by atoms with van der Waals surface area (Å²) in [6.07, 6.45) is 90.5. The van der Waals surface area contributed by atoms with Crippen LogP contribution >= 0.6 is 0 Å². The molecule has 0 fully saturated rings. The third kappa shape index (κ3) is 65.0. The molecule has 0 bridgehead atoms. The van der Waals surface area contributed by atoms with Gasteiger partial charge >= 0.3 is 5.97 Å². The van der Waals surface area contributed by atoms with Gasteiger partial charge in [-0.3, -0.25) is 9.59 Å². The summed E-state index contributed by atoms with van der Waals surface area (Å²) in [6.45, 7) is 4.91. The summed E-state index contributed by atoms with van der Waals surface area (Å²) in [6, 6.07) is -0.628. The Morgan fingerprint density at radius 2 is 0.625 bits per heavy atom. The van der Waals surface area contributed by atoms with Crippen molar-refractivity contribution >= 4 is 11.9 Å². The molecule has 0 aromatic rings. The molecule has 470 valence electrons. The van der Waals surface area contributed by atoms with Crippen LogP contribution in [0.3, 0.4) is 0 Å². The molecule has 2 unspecified atom stereocenters. The van der Waals surface area contributed by atoms with Crippen LogP contribution in [0.25, 0.3) is 0 Å². The van der Waals surface area contributed by atoms with Gasteiger partial charge in [-0.05, 0) is 89.9 Å². The Morgan fingerprint density at radius 3 is 0.975 bits per heavy atom. The molecule has 6 heteroatoms. The molecule has 0 spiro atoms. The highest BCUT2D eigenvalue weighted by atomic mass is 16.5. The molecule has 6 nitrogen and oxygen atoms in total. The van der Waals surface area contributed by atoms with Crippen LogP contribution in [0.4, 0.5) is 0 Å². The first-order valence-corrected chi connectivity index (χ1v) is 35.9. The highest BCUT2D eigenvalue weighted by Gasteiger charge is 2.18. The van der Waals surface area contributed by atoms with Gasteiger partial charge in [0.15, 0.2) is 0 Å². The number of carbonyl (C=O) groups excluding carboxylic acids is 2. The van der Waals surface area contributed by atoms with Gasteiger partial charge in [0.25, 0.3) is 0 Å². The number of esters is 1. The van der Waals surface area contributed by atoms with Crippen molar-refractivity contribution in [3.8, 4) is 0 Å². The van der Waals surface area contributed by atoms with Crippen molar-refractivity contribution in [3.63, 3.8) is 0 Å². The average Bonchev–Trinajstić information content (AvgIpc) is 3.46. The van der Waals surface area contributed by atoms with Crippen LogP contribution in [-0.2, 0) is 14.3 Å². The van der Waals surface area contributed by atoms with E-state index in [4.69, 9.17) is 4.74 Å². The zero-order valence-corrected chi connectivity index (χ0v) is 53.8. The number of ether oxygens (including phenoxy) is 1. The molecule has 0 aromatic heterocycles. The van der Waals surface area contributed by atoms with E-state index in [9.17, 15) is 19.8 Å². The van der Waals surface area contributed by atoms with Gasteiger partial charge in [-0.1, -0.05) is 332 Å². The van der Waals surface area contributed by atoms with Gasteiger partial charge in [-0.2, -0.15) is 0 Å². The lowest BCUT2D eigenvalue weighted by molar-refractivity contribution is -0.143. The molecular weight excluding hydrogens is 983 g/mol. The minimum atomic E-state index is -0.845. The largest absolute Gasteiger partial charge is 0.466 e. The van der Waals surface area contributed by atoms with Crippen LogP contribution < -0.4 is 5.32 Å². The Morgan fingerprint density at radius 1 is 0.350 bits per heavy atom. The van der Waals surface area contributed by atoms with Gasteiger partial charge in [-0.15, -0.1) is 0 Å². The summed E-state index contributed by atoms with van der Waals surface area (Å²) in [5.74, 6) is -0.0617. The van der Waals surface area contributed by atoms with E-state index in [0.717, 1.165) is 51.4 Å². The van der Waals surface area contributed by atoms with E-state index in [0.29, 0.717) is 19.4 Å². The zero-order chi connectivity index (χ0) is 57.8. The molecule has 80 heavy (non-hydrogen) atoms. The van der Waals surface area contributed by atoms with Crippen LogP contribution in [0, 0.1) is 0 Å². The van der Waals surface area contributed by atoms with E-state index in [-0.39, 0.29) is 18.5 Å². The van der Waals surface area contributed by atoms with Gasteiger partial charge in [0.05, 0.1) is 25.4 Å². The normalized spacial score (nSPS) is 12.8. The number of hydrogen-bond acceptors (Lipinski definition) is 5. The van der Waals surface area contributed by atoms with Gasteiger partial charge in [-0.25, -0.2) is 0 Å². The Labute approximate surface area is 499 Å². The standard InChI is InChI=1S/C74H139NO5/c1-3-5-7-9-11-13-15-17-19-21-35-38-42-46-50-54-58-62-66-72(77)71(70-76)75-73(78)67-63-59-55-51-47-43-39-36-33-31-29-27-25-23-22-24-26-28-30-32-34-37-41-45-49-53-57-61-65-69-80-74(79)68-64-60-56-52-48-44-40-20-18-16-14-12-10-8-6-4-2/h14,16,20,22,24,40,62,66,71-72,76-77H,3-13,15,17-19,21,23,25-39,41-61,63-65,67-70H2,1-2H3,(H,75,78)/b16-14-,24-22-,40-20-,66-62+. The minimum absolute atomic E-state index is 0.00283. The summed E-state index contributed by atoms with van der Waals surface area (Å²) < 4.78 is 5.49. The molecule has 2 atom stereocenters. The fourth-order valence-electron chi connectivity index (χ4n) is 11.1. The van der Waals surface area contributed by atoms with Crippen molar-refractivity contribution in [2.75, 3.05) is 13.2 Å². The SMILES string of the molecule is CCCCCC/C=C\C/C=C\CCCCCCCC(=O)OCCCCCCCCCCCCCC/C=C\CCCCCCCCCCCCCCCC(=O)NC(CO)C(O)/C=C/CCCCCCCCCCCCCCCCCC. The van der Waals surface area contributed by atoms with E-state index in [1.807, 2.05) is 6.08 Å². The van der Waals surface area contributed by atoms with Gasteiger partial charge in [0.2, 0.25) is 5.91 Å². The maximum absolute atomic E-state index is 12.5. The fraction of sp³-hybridized carbons (Fsp3) is 0.865. The number of aliphatic hydroxyl groups is 2. The Kier molecular flexibility index (Phi) is 67.4. The van der Waals surface area contributed by atoms with Crippen LogP contribution in [0.1, 0.15) is 386 Å². The first kappa shape index (κ1) is 77.8. The number of aliphatic hydroxyl groups excluding tert-OH is 2. The smallest absolute Gasteiger partial charge is 0.305 e. The molecule has 1 amide bonds. The summed E-state index contributed by atoms with van der Waals surface area (Å²) in [4.78, 5) is 24.6. The quantitative estimate of drug-likeness (QED) is 0.0320. The molecule has 0 aliphatic heterocycles. The lowest BCUT2D eigenvalue weighted by Crippen LogP contribution is -2.45. The van der Waals surface area contributed by atoms with Gasteiger partial charge in [0.1, 0.15) is 0 Å². The molecule has 0 heterocycles. The number of amides is 1. The Hall–Kier alpha value is -2.18. The molecular formula is C74H139NO5. The van der Waals surface area contributed by atoms with Crippen molar-refractivity contribution < 1.29 is 24.5 Å². The first-order valence-electron chi connectivity index (χ1n) is 35.9. The summed E-state index contributed by atoms with van der Waals surface area (Å²) in [5.41, 5.74) is 0. The molecule has 0 saturated heterocycles. The highest BCUT2D eigenvalue weighted by molar-refractivity contribution is 5.76. The number of nitrogens with one attached hydrogen (secondary N) is 1. The van der Waals surface area contributed by atoms with Gasteiger partial charge < -0.3 is 20.3 Å². The van der Waals surface area contributed by atoms with E-state index in [2.05, 4.69) is 55.6 Å². The molecule has 0 aromatic carbocycles. The second-order valence-corrected chi connectivity index (χ2v) is 24.6. The maximum Gasteiger partial charge on any atom is 0.305 e. The highest BCUT2D eigenvalue weighted by Crippen LogP contribution is 2.18. The van der Waals surface area contributed by atoms with Crippen LogP contribution in [-0.4, -0.2) is 47.4 Å². The third-order valence-electron chi connectivity index (χ3n) is 16.6. The monoisotopic (exact) mass is 1120 g/mol. The number of carbonyl (C=O) groups is 2. The summed E-state index contributed by atoms with van der Waals surface area (Å²) in [7, 11) is 0. The molecule has 3 N–H and O–H groups in total. The average molecular weight is 1120 g/mol.